The zero-order valence-electron chi connectivity index (χ0n) is 15.6. The highest BCUT2D eigenvalue weighted by atomic mass is 16.1. The molecule has 136 valence electrons. The van der Waals surface area contributed by atoms with Crippen LogP contribution >= 0.6 is 0 Å². The Hall–Kier alpha value is -2.15. The molecule has 0 saturated heterocycles. The number of rotatable bonds is 5. The minimum Gasteiger partial charge on any atom is -0.369 e. The summed E-state index contributed by atoms with van der Waals surface area (Å²) in [5.74, 6) is 1.80. The van der Waals surface area contributed by atoms with E-state index in [9.17, 15) is 9.59 Å². The monoisotopic (exact) mass is 342 g/mol. The van der Waals surface area contributed by atoms with E-state index >= 15 is 0 Å². The molecule has 1 aromatic carbocycles. The van der Waals surface area contributed by atoms with Crippen molar-refractivity contribution in [3.05, 3.63) is 35.9 Å². The van der Waals surface area contributed by atoms with Gasteiger partial charge < -0.3 is 5.73 Å². The lowest BCUT2D eigenvalue weighted by Crippen LogP contribution is -2.37. The Kier molecular flexibility index (Phi) is 8.91. The molecule has 0 aliphatic heterocycles. The minimum absolute atomic E-state index is 0.00882. The summed E-state index contributed by atoms with van der Waals surface area (Å²) < 4.78 is 0. The molecule has 1 aliphatic carbocycles. The number of hydrogen-bond acceptors (Lipinski definition) is 3. The molecule has 2 N–H and O–H groups in total. The molecule has 0 bridgehead atoms. The van der Waals surface area contributed by atoms with Crippen LogP contribution in [0.15, 0.2) is 30.3 Å². The number of primary amides is 1. The zero-order chi connectivity index (χ0) is 18.8. The number of nitrogens with zero attached hydrogens (tertiary/aromatic N) is 1. The molecule has 3 atom stereocenters. The van der Waals surface area contributed by atoms with Crippen LogP contribution in [0, 0.1) is 35.0 Å². The summed E-state index contributed by atoms with van der Waals surface area (Å²) in [6, 6.07) is 11.3. The SMILES string of the molecule is CC1CCC(C(C)C)C(C(N)=O)C1.N#CCC(=O)Cc1ccccc1. The van der Waals surface area contributed by atoms with Crippen molar-refractivity contribution in [3.8, 4) is 6.07 Å². The summed E-state index contributed by atoms with van der Waals surface area (Å²) in [7, 11) is 0. The maximum atomic E-state index is 11.2. The lowest BCUT2D eigenvalue weighted by molar-refractivity contribution is -0.126. The van der Waals surface area contributed by atoms with E-state index in [1.807, 2.05) is 36.4 Å². The number of nitrogens with two attached hydrogens (primary N) is 1. The summed E-state index contributed by atoms with van der Waals surface area (Å²) in [6.07, 6.45) is 3.81. The van der Waals surface area contributed by atoms with Crippen LogP contribution in [0.2, 0.25) is 0 Å². The molecule has 4 heteroatoms. The van der Waals surface area contributed by atoms with Gasteiger partial charge in [-0.3, -0.25) is 9.59 Å². The molecule has 1 fully saturated rings. The van der Waals surface area contributed by atoms with Crippen molar-refractivity contribution in [2.24, 2.45) is 29.4 Å². The van der Waals surface area contributed by atoms with Crippen LogP contribution in [0.4, 0.5) is 0 Å². The smallest absolute Gasteiger partial charge is 0.220 e. The molecular weight excluding hydrogens is 312 g/mol. The number of amides is 1. The van der Waals surface area contributed by atoms with Gasteiger partial charge >= 0.3 is 0 Å². The fourth-order valence-corrected chi connectivity index (χ4v) is 3.50. The number of benzene rings is 1. The Balaban J connectivity index is 0.000000251. The lowest BCUT2D eigenvalue weighted by atomic mass is 9.70. The second-order valence-electron chi connectivity index (χ2n) is 7.37. The number of nitriles is 1. The molecule has 1 amide bonds. The Morgan fingerprint density at radius 3 is 2.40 bits per heavy atom. The Morgan fingerprint density at radius 2 is 1.88 bits per heavy atom. The fourth-order valence-electron chi connectivity index (χ4n) is 3.50. The van der Waals surface area contributed by atoms with Crippen molar-refractivity contribution < 1.29 is 9.59 Å². The average Bonchev–Trinajstić information content (AvgIpc) is 2.56. The molecule has 3 unspecified atom stereocenters. The molecule has 0 spiro atoms. The van der Waals surface area contributed by atoms with Crippen LogP contribution in [-0.2, 0) is 16.0 Å². The number of carbonyl (C=O) groups is 2. The predicted octanol–water partition coefficient (Wildman–Crippen LogP) is 3.89. The topological polar surface area (TPSA) is 83.9 Å². The van der Waals surface area contributed by atoms with E-state index in [2.05, 4.69) is 20.8 Å². The van der Waals surface area contributed by atoms with E-state index < -0.39 is 0 Å². The third-order valence-electron chi connectivity index (χ3n) is 4.91. The summed E-state index contributed by atoms with van der Waals surface area (Å²) in [5, 5.41) is 8.24. The fraction of sp³-hybridized carbons (Fsp3) is 0.571. The normalized spacial score (nSPS) is 22.4. The first-order valence-corrected chi connectivity index (χ1v) is 9.07. The maximum Gasteiger partial charge on any atom is 0.220 e. The van der Waals surface area contributed by atoms with E-state index in [-0.39, 0.29) is 24.0 Å². The van der Waals surface area contributed by atoms with Crippen molar-refractivity contribution in [1.29, 1.82) is 5.26 Å². The van der Waals surface area contributed by atoms with Crippen LogP contribution in [0.3, 0.4) is 0 Å². The maximum absolute atomic E-state index is 11.2. The second kappa shape index (κ2) is 10.7. The van der Waals surface area contributed by atoms with E-state index in [0.717, 1.165) is 12.0 Å². The zero-order valence-corrected chi connectivity index (χ0v) is 15.6. The van der Waals surface area contributed by atoms with E-state index in [1.165, 1.54) is 12.8 Å². The molecule has 25 heavy (non-hydrogen) atoms. The molecule has 0 aromatic heterocycles. The van der Waals surface area contributed by atoms with E-state index in [4.69, 9.17) is 11.0 Å². The van der Waals surface area contributed by atoms with Gasteiger partial charge in [0, 0.05) is 12.3 Å². The molecule has 0 radical (unpaired) electrons. The summed E-state index contributed by atoms with van der Waals surface area (Å²) in [5.41, 5.74) is 6.39. The largest absolute Gasteiger partial charge is 0.369 e. The van der Waals surface area contributed by atoms with Crippen LogP contribution < -0.4 is 5.73 Å². The van der Waals surface area contributed by atoms with Crippen LogP contribution in [-0.4, -0.2) is 11.7 Å². The van der Waals surface area contributed by atoms with Crippen LogP contribution in [0.5, 0.6) is 0 Å². The molecule has 0 heterocycles. The van der Waals surface area contributed by atoms with Crippen molar-refractivity contribution in [3.63, 3.8) is 0 Å². The van der Waals surface area contributed by atoms with E-state index in [0.29, 0.717) is 24.2 Å². The molecule has 1 saturated carbocycles. The number of hydrogen-bond donors (Lipinski definition) is 1. The molecule has 1 aromatic rings. The van der Waals surface area contributed by atoms with Gasteiger partial charge in [0.2, 0.25) is 5.91 Å². The summed E-state index contributed by atoms with van der Waals surface area (Å²) in [4.78, 5) is 22.2. The molecule has 1 aliphatic rings. The standard InChI is InChI=1S/C11H21NO.C10H9NO/c1-7(2)9-5-4-8(3)6-10(9)11(12)13;11-7-6-10(12)8-9-4-2-1-3-5-9/h7-10H,4-6H2,1-3H3,(H2,12,13);1-5H,6,8H2. The van der Waals surface area contributed by atoms with Gasteiger partial charge in [-0.2, -0.15) is 5.26 Å². The summed E-state index contributed by atoms with van der Waals surface area (Å²) >= 11 is 0. The van der Waals surface area contributed by atoms with Gasteiger partial charge in [0.25, 0.3) is 0 Å². The lowest BCUT2D eigenvalue weighted by Gasteiger charge is -2.35. The van der Waals surface area contributed by atoms with Crippen molar-refractivity contribution in [2.75, 3.05) is 0 Å². The highest BCUT2D eigenvalue weighted by Crippen LogP contribution is 2.37. The van der Waals surface area contributed by atoms with Crippen LogP contribution in [0.1, 0.15) is 52.0 Å². The van der Waals surface area contributed by atoms with Gasteiger partial charge in [0.1, 0.15) is 0 Å². The number of Topliss-reactive ketones (excluding diaryl/α,β-unsaturated/α-hetero) is 1. The highest BCUT2D eigenvalue weighted by molar-refractivity contribution is 5.82. The summed E-state index contributed by atoms with van der Waals surface area (Å²) in [6.45, 7) is 6.60. The molecular formula is C21H30N2O2. The van der Waals surface area contributed by atoms with Crippen molar-refractivity contribution >= 4 is 11.7 Å². The quantitative estimate of drug-likeness (QED) is 0.881. The molecule has 2 rings (SSSR count). The van der Waals surface area contributed by atoms with Gasteiger partial charge in [0.15, 0.2) is 5.78 Å². The average molecular weight is 342 g/mol. The second-order valence-corrected chi connectivity index (χ2v) is 7.37. The van der Waals surface area contributed by atoms with Gasteiger partial charge in [-0.1, -0.05) is 57.5 Å². The first kappa shape index (κ1) is 20.9. The first-order chi connectivity index (χ1) is 11.8. The third-order valence-corrected chi connectivity index (χ3v) is 4.91. The number of carbonyl (C=O) groups excluding carboxylic acids is 2. The first-order valence-electron chi connectivity index (χ1n) is 9.07. The Morgan fingerprint density at radius 1 is 1.24 bits per heavy atom. The van der Waals surface area contributed by atoms with Gasteiger partial charge in [-0.15, -0.1) is 0 Å². The predicted molar refractivity (Wildman–Crippen MR) is 99.4 cm³/mol. The highest BCUT2D eigenvalue weighted by Gasteiger charge is 2.33. The van der Waals surface area contributed by atoms with Gasteiger partial charge in [-0.25, -0.2) is 0 Å². The third kappa shape index (κ3) is 7.51. The van der Waals surface area contributed by atoms with E-state index in [1.54, 1.807) is 0 Å². The minimum atomic E-state index is -0.0924. The Labute approximate surface area is 151 Å². The molecule has 4 nitrogen and oxygen atoms in total. The van der Waals surface area contributed by atoms with Crippen molar-refractivity contribution in [2.45, 2.75) is 52.9 Å². The number of ketones is 1. The van der Waals surface area contributed by atoms with Gasteiger partial charge in [0.05, 0.1) is 12.5 Å². The van der Waals surface area contributed by atoms with Gasteiger partial charge in [-0.05, 0) is 36.2 Å². The Bertz CT molecular complexity index is 590. The van der Waals surface area contributed by atoms with Crippen LogP contribution in [0.25, 0.3) is 0 Å². The van der Waals surface area contributed by atoms with Crippen molar-refractivity contribution in [1.82, 2.24) is 0 Å².